The van der Waals surface area contributed by atoms with Gasteiger partial charge in [0.2, 0.25) is 11.8 Å². The van der Waals surface area contributed by atoms with Crippen LogP contribution in [0.4, 0.5) is 0 Å². The minimum absolute atomic E-state index is 0.0158. The summed E-state index contributed by atoms with van der Waals surface area (Å²) in [6.45, 7) is 6.10. The van der Waals surface area contributed by atoms with Crippen LogP contribution in [-0.4, -0.2) is 73.0 Å². The number of pyridine rings is 1. The first-order valence-corrected chi connectivity index (χ1v) is 8.44. The fourth-order valence-electron chi connectivity index (χ4n) is 2.64. The molecule has 1 N–H and O–H groups in total. The first kappa shape index (κ1) is 18.9. The number of carbonyl (C=O) groups excluding carboxylic acids is 2. The lowest BCUT2D eigenvalue weighted by molar-refractivity contribution is -0.122. The van der Waals surface area contributed by atoms with E-state index in [9.17, 15) is 9.59 Å². The SMILES string of the molecule is C=CCNC(=O)CN1CCC(Oc2ccc(C(=O)N(C)C)cn2)CC1. The summed E-state index contributed by atoms with van der Waals surface area (Å²) in [6.07, 6.45) is 4.97. The largest absolute Gasteiger partial charge is 0.474 e. The molecule has 136 valence electrons. The Morgan fingerprint density at radius 1 is 1.40 bits per heavy atom. The zero-order valence-corrected chi connectivity index (χ0v) is 14.9. The number of likely N-dealkylation sites (tertiary alicyclic amines) is 1. The van der Waals surface area contributed by atoms with Crippen LogP contribution in [0.5, 0.6) is 5.88 Å². The van der Waals surface area contributed by atoms with E-state index in [1.165, 1.54) is 11.1 Å². The molecule has 1 aromatic rings. The van der Waals surface area contributed by atoms with E-state index in [1.807, 2.05) is 0 Å². The van der Waals surface area contributed by atoms with Crippen LogP contribution in [0.3, 0.4) is 0 Å². The number of hydrogen-bond acceptors (Lipinski definition) is 5. The highest BCUT2D eigenvalue weighted by molar-refractivity contribution is 5.93. The smallest absolute Gasteiger partial charge is 0.254 e. The molecule has 2 rings (SSSR count). The van der Waals surface area contributed by atoms with Gasteiger partial charge in [-0.05, 0) is 18.9 Å². The number of piperidine rings is 1. The van der Waals surface area contributed by atoms with Crippen LogP contribution < -0.4 is 10.1 Å². The number of nitrogens with zero attached hydrogens (tertiary/aromatic N) is 3. The summed E-state index contributed by atoms with van der Waals surface area (Å²) in [5.74, 6) is 0.460. The summed E-state index contributed by atoms with van der Waals surface area (Å²) in [5.41, 5.74) is 0.540. The van der Waals surface area contributed by atoms with Crippen LogP contribution in [0.25, 0.3) is 0 Å². The highest BCUT2D eigenvalue weighted by Gasteiger charge is 2.22. The molecule has 0 unspecified atom stereocenters. The van der Waals surface area contributed by atoms with Crippen molar-refractivity contribution in [3.8, 4) is 5.88 Å². The Bertz CT molecular complexity index is 593. The van der Waals surface area contributed by atoms with Gasteiger partial charge < -0.3 is 15.0 Å². The van der Waals surface area contributed by atoms with Crippen LogP contribution in [0, 0.1) is 0 Å². The fraction of sp³-hybridized carbons (Fsp3) is 0.500. The first-order valence-electron chi connectivity index (χ1n) is 8.44. The second kappa shape index (κ2) is 9.17. The van der Waals surface area contributed by atoms with E-state index in [2.05, 4.69) is 21.8 Å². The quantitative estimate of drug-likeness (QED) is 0.744. The summed E-state index contributed by atoms with van der Waals surface area (Å²) >= 11 is 0. The lowest BCUT2D eigenvalue weighted by Crippen LogP contribution is -2.43. The monoisotopic (exact) mass is 346 g/mol. The topological polar surface area (TPSA) is 74.8 Å². The van der Waals surface area contributed by atoms with Crippen molar-refractivity contribution in [3.63, 3.8) is 0 Å². The van der Waals surface area contributed by atoms with E-state index in [0.717, 1.165) is 25.9 Å². The van der Waals surface area contributed by atoms with Gasteiger partial charge in [0.05, 0.1) is 12.1 Å². The standard InChI is InChI=1S/C18H26N4O3/c1-4-9-19-16(23)13-22-10-7-15(8-11-22)25-17-6-5-14(12-20-17)18(24)21(2)3/h4-6,12,15H,1,7-11,13H2,2-3H3,(H,19,23). The van der Waals surface area contributed by atoms with Gasteiger partial charge in [-0.3, -0.25) is 14.5 Å². The number of amides is 2. The molecule has 1 aliphatic heterocycles. The summed E-state index contributed by atoms with van der Waals surface area (Å²) < 4.78 is 5.89. The molecule has 0 spiro atoms. The molecule has 0 radical (unpaired) electrons. The van der Waals surface area contributed by atoms with Crippen molar-refractivity contribution in [1.82, 2.24) is 20.1 Å². The van der Waals surface area contributed by atoms with Crippen LogP contribution >= 0.6 is 0 Å². The predicted octanol–water partition coefficient (Wildman–Crippen LogP) is 0.929. The highest BCUT2D eigenvalue weighted by Crippen LogP contribution is 2.17. The van der Waals surface area contributed by atoms with Crippen molar-refractivity contribution in [3.05, 3.63) is 36.5 Å². The van der Waals surface area contributed by atoms with Crippen molar-refractivity contribution in [2.75, 3.05) is 40.3 Å². The van der Waals surface area contributed by atoms with Crippen molar-refractivity contribution < 1.29 is 14.3 Å². The molecule has 1 aliphatic rings. The van der Waals surface area contributed by atoms with Gasteiger partial charge in [0, 0.05) is 46.0 Å². The molecule has 0 aromatic carbocycles. The molecular formula is C18H26N4O3. The third kappa shape index (κ3) is 5.86. The van der Waals surface area contributed by atoms with Gasteiger partial charge in [0.25, 0.3) is 5.91 Å². The highest BCUT2D eigenvalue weighted by atomic mass is 16.5. The maximum absolute atomic E-state index is 11.8. The molecule has 7 heteroatoms. The summed E-state index contributed by atoms with van der Waals surface area (Å²) in [6, 6.07) is 3.45. The van der Waals surface area contributed by atoms with E-state index in [1.54, 1.807) is 32.3 Å². The molecule has 2 amide bonds. The van der Waals surface area contributed by atoms with Gasteiger partial charge in [-0.2, -0.15) is 0 Å². The minimum atomic E-state index is -0.0814. The predicted molar refractivity (Wildman–Crippen MR) is 95.6 cm³/mol. The summed E-state index contributed by atoms with van der Waals surface area (Å²) in [7, 11) is 3.41. The van der Waals surface area contributed by atoms with E-state index in [4.69, 9.17) is 4.74 Å². The molecule has 7 nitrogen and oxygen atoms in total. The Labute approximate surface area is 148 Å². The van der Waals surface area contributed by atoms with E-state index in [-0.39, 0.29) is 17.9 Å². The lowest BCUT2D eigenvalue weighted by Gasteiger charge is -2.31. The third-order valence-corrected chi connectivity index (χ3v) is 4.02. The second-order valence-corrected chi connectivity index (χ2v) is 6.27. The summed E-state index contributed by atoms with van der Waals surface area (Å²) in [4.78, 5) is 31.4. The molecule has 0 saturated carbocycles. The summed E-state index contributed by atoms with van der Waals surface area (Å²) in [5, 5.41) is 2.78. The molecule has 1 saturated heterocycles. The number of carbonyl (C=O) groups is 2. The molecular weight excluding hydrogens is 320 g/mol. The minimum Gasteiger partial charge on any atom is -0.474 e. The van der Waals surface area contributed by atoms with Crippen LogP contribution in [-0.2, 0) is 4.79 Å². The average Bonchev–Trinajstić information content (AvgIpc) is 2.61. The second-order valence-electron chi connectivity index (χ2n) is 6.27. The van der Waals surface area contributed by atoms with E-state index < -0.39 is 0 Å². The Hall–Kier alpha value is -2.41. The van der Waals surface area contributed by atoms with Crippen molar-refractivity contribution >= 4 is 11.8 Å². The molecule has 0 atom stereocenters. The van der Waals surface area contributed by atoms with Gasteiger partial charge in [-0.25, -0.2) is 4.98 Å². The normalized spacial score (nSPS) is 15.4. The first-order chi connectivity index (χ1) is 12.0. The average molecular weight is 346 g/mol. The van der Waals surface area contributed by atoms with Crippen molar-refractivity contribution in [2.45, 2.75) is 18.9 Å². The lowest BCUT2D eigenvalue weighted by atomic mass is 10.1. The van der Waals surface area contributed by atoms with Gasteiger partial charge in [-0.1, -0.05) is 6.08 Å². The van der Waals surface area contributed by atoms with Crippen LogP contribution in [0.1, 0.15) is 23.2 Å². The van der Waals surface area contributed by atoms with Crippen LogP contribution in [0.2, 0.25) is 0 Å². The Morgan fingerprint density at radius 2 is 2.12 bits per heavy atom. The van der Waals surface area contributed by atoms with Gasteiger partial charge >= 0.3 is 0 Å². The molecule has 2 heterocycles. The zero-order chi connectivity index (χ0) is 18.2. The molecule has 1 fully saturated rings. The molecule has 0 bridgehead atoms. The van der Waals surface area contributed by atoms with Crippen LogP contribution in [0.15, 0.2) is 31.0 Å². The Kier molecular flexibility index (Phi) is 6.94. The number of aromatic nitrogens is 1. The van der Waals surface area contributed by atoms with E-state index in [0.29, 0.717) is 24.5 Å². The molecule has 1 aromatic heterocycles. The zero-order valence-electron chi connectivity index (χ0n) is 14.9. The van der Waals surface area contributed by atoms with Gasteiger partial charge in [0.15, 0.2) is 0 Å². The van der Waals surface area contributed by atoms with Gasteiger partial charge in [-0.15, -0.1) is 6.58 Å². The third-order valence-electron chi connectivity index (χ3n) is 4.02. The Morgan fingerprint density at radius 3 is 2.68 bits per heavy atom. The van der Waals surface area contributed by atoms with E-state index >= 15 is 0 Å². The molecule has 0 aliphatic carbocycles. The van der Waals surface area contributed by atoms with Crippen molar-refractivity contribution in [1.29, 1.82) is 0 Å². The fourth-order valence-corrected chi connectivity index (χ4v) is 2.64. The number of nitrogens with one attached hydrogen (secondary N) is 1. The molecule has 25 heavy (non-hydrogen) atoms. The maximum atomic E-state index is 11.8. The number of hydrogen-bond donors (Lipinski definition) is 1. The maximum Gasteiger partial charge on any atom is 0.254 e. The Balaban J connectivity index is 1.77. The van der Waals surface area contributed by atoms with Crippen molar-refractivity contribution in [2.24, 2.45) is 0 Å². The number of rotatable bonds is 7. The van der Waals surface area contributed by atoms with Gasteiger partial charge in [0.1, 0.15) is 6.10 Å². The number of ether oxygens (including phenoxy) is 1.